The van der Waals surface area contributed by atoms with E-state index < -0.39 is 0 Å². The average Bonchev–Trinajstić information content (AvgIpc) is 3.44. The molecular formula is C66H47BN3. The van der Waals surface area contributed by atoms with Gasteiger partial charge in [-0.15, -0.1) is 0 Å². The molecule has 0 atom stereocenters. The molecule has 1 aliphatic heterocycles. The van der Waals surface area contributed by atoms with E-state index in [2.05, 4.69) is 301 Å². The summed E-state index contributed by atoms with van der Waals surface area (Å²) in [7, 11) is 2.41. The number of fused-ring (bicyclic) bond motifs is 2. The Morgan fingerprint density at radius 1 is 0.314 bits per heavy atom. The summed E-state index contributed by atoms with van der Waals surface area (Å²) in [5, 5.41) is 3.93. The van der Waals surface area contributed by atoms with Crippen molar-refractivity contribution in [1.82, 2.24) is 0 Å². The highest BCUT2D eigenvalue weighted by molar-refractivity contribution is 6.73. The summed E-state index contributed by atoms with van der Waals surface area (Å²) in [6.45, 7) is 0. The van der Waals surface area contributed by atoms with Crippen LogP contribution in [0.4, 0.5) is 45.5 Å². The molecular weight excluding hydrogens is 846 g/mol. The molecule has 11 aromatic carbocycles. The van der Waals surface area contributed by atoms with Crippen molar-refractivity contribution in [1.29, 1.82) is 0 Å². The normalized spacial score (nSPS) is 11.5. The largest absolute Gasteiger partial charge is 0.355 e. The highest BCUT2D eigenvalue weighted by atomic mass is 15.2. The minimum Gasteiger partial charge on any atom is -0.355 e. The predicted octanol–water partition coefficient (Wildman–Crippen LogP) is 16.7. The lowest BCUT2D eigenvalue weighted by atomic mass is 9.57. The van der Waals surface area contributed by atoms with Gasteiger partial charge in [0.25, 0.3) is 0 Å². The Balaban J connectivity index is 1.09. The van der Waals surface area contributed by atoms with E-state index in [9.17, 15) is 0 Å². The van der Waals surface area contributed by atoms with E-state index in [1.54, 1.807) is 0 Å². The van der Waals surface area contributed by atoms with Gasteiger partial charge in [0, 0.05) is 51.1 Å². The average molecular weight is 893 g/mol. The van der Waals surface area contributed by atoms with Gasteiger partial charge in [0.2, 0.25) is 0 Å². The zero-order valence-corrected chi connectivity index (χ0v) is 38.5. The van der Waals surface area contributed by atoms with Gasteiger partial charge in [-0.25, -0.2) is 0 Å². The van der Waals surface area contributed by atoms with E-state index in [0.29, 0.717) is 0 Å². The van der Waals surface area contributed by atoms with Crippen molar-refractivity contribution in [3.8, 4) is 55.6 Å². The minimum atomic E-state index is 1.00. The zero-order valence-electron chi connectivity index (χ0n) is 38.5. The number of nitrogens with one attached hydrogen (secondary N) is 1. The van der Waals surface area contributed by atoms with Gasteiger partial charge in [0.15, 0.2) is 7.28 Å². The summed E-state index contributed by atoms with van der Waals surface area (Å²) in [4.78, 5) is 4.81. The highest BCUT2D eigenvalue weighted by Gasteiger charge is 2.30. The summed E-state index contributed by atoms with van der Waals surface area (Å²) in [5.74, 6) is 0. The summed E-state index contributed by atoms with van der Waals surface area (Å²) < 4.78 is 0. The fraction of sp³-hybridized carbons (Fsp3) is 0. The molecule has 0 aromatic heterocycles. The van der Waals surface area contributed by atoms with Crippen LogP contribution in [-0.4, -0.2) is 7.28 Å². The van der Waals surface area contributed by atoms with Crippen LogP contribution < -0.4 is 26.0 Å². The van der Waals surface area contributed by atoms with Crippen molar-refractivity contribution in [2.45, 2.75) is 0 Å². The van der Waals surface area contributed by atoms with E-state index in [4.69, 9.17) is 0 Å². The van der Waals surface area contributed by atoms with E-state index in [1.165, 1.54) is 33.4 Å². The summed E-state index contributed by atoms with van der Waals surface area (Å²) in [6, 6.07) is 100. The summed E-state index contributed by atoms with van der Waals surface area (Å²) in [5.41, 5.74) is 22.4. The van der Waals surface area contributed by atoms with Crippen molar-refractivity contribution in [3.63, 3.8) is 0 Å². The van der Waals surface area contributed by atoms with Gasteiger partial charge in [0.05, 0.1) is 0 Å². The van der Waals surface area contributed by atoms with Crippen molar-refractivity contribution in [3.05, 3.63) is 279 Å². The lowest BCUT2D eigenvalue weighted by Crippen LogP contribution is -2.41. The second kappa shape index (κ2) is 18.9. The Kier molecular flexibility index (Phi) is 11.4. The molecule has 0 fully saturated rings. The Labute approximate surface area is 411 Å². The molecule has 1 aliphatic rings. The lowest BCUT2D eigenvalue weighted by Gasteiger charge is -2.36. The van der Waals surface area contributed by atoms with Gasteiger partial charge >= 0.3 is 0 Å². The van der Waals surface area contributed by atoms with Crippen LogP contribution in [0.1, 0.15) is 0 Å². The number of hydrogen-bond acceptors (Lipinski definition) is 3. The predicted molar refractivity (Wildman–Crippen MR) is 298 cm³/mol. The fourth-order valence-electron chi connectivity index (χ4n) is 9.81. The molecule has 11 aromatic rings. The van der Waals surface area contributed by atoms with Crippen LogP contribution in [0, 0.1) is 0 Å². The van der Waals surface area contributed by atoms with Crippen LogP contribution in [0.5, 0.6) is 0 Å². The quantitative estimate of drug-likeness (QED) is 0.131. The first-order valence-corrected chi connectivity index (χ1v) is 23.9. The molecule has 4 heteroatoms. The first kappa shape index (κ1) is 42.3. The first-order valence-electron chi connectivity index (χ1n) is 23.9. The van der Waals surface area contributed by atoms with Gasteiger partial charge in [-0.05, 0) is 140 Å². The highest BCUT2D eigenvalue weighted by Crippen LogP contribution is 2.45. The number of nitrogens with zero attached hydrogens (tertiary/aromatic N) is 2. The monoisotopic (exact) mass is 892 g/mol. The van der Waals surface area contributed by atoms with Gasteiger partial charge in [-0.3, -0.25) is 0 Å². The topological polar surface area (TPSA) is 18.5 Å². The van der Waals surface area contributed by atoms with Gasteiger partial charge in [-0.1, -0.05) is 200 Å². The molecule has 0 aliphatic carbocycles. The van der Waals surface area contributed by atoms with Crippen LogP contribution in [0.25, 0.3) is 55.6 Å². The molecule has 0 unspecified atom stereocenters. The van der Waals surface area contributed by atoms with Crippen molar-refractivity contribution >= 4 is 63.7 Å². The first-order chi connectivity index (χ1) is 34.7. The second-order valence-corrected chi connectivity index (χ2v) is 17.7. The third-order valence-electron chi connectivity index (χ3n) is 13.3. The third-order valence-corrected chi connectivity index (χ3v) is 13.3. The van der Waals surface area contributed by atoms with Crippen LogP contribution in [0.3, 0.4) is 0 Å². The number of hydrogen-bond donors (Lipinski definition) is 1. The van der Waals surface area contributed by atoms with E-state index in [-0.39, 0.29) is 0 Å². The number of rotatable bonds is 11. The molecule has 1 N–H and O–H groups in total. The van der Waals surface area contributed by atoms with E-state index in [0.717, 1.165) is 78.7 Å². The molecule has 12 rings (SSSR count). The molecule has 0 spiro atoms. The smallest absolute Gasteiger partial charge is 0.197 e. The van der Waals surface area contributed by atoms with Crippen molar-refractivity contribution in [2.24, 2.45) is 0 Å². The molecule has 0 bridgehead atoms. The van der Waals surface area contributed by atoms with Crippen LogP contribution in [0.2, 0.25) is 0 Å². The van der Waals surface area contributed by atoms with Crippen LogP contribution >= 0.6 is 0 Å². The Bertz CT molecular complexity index is 3510. The maximum atomic E-state index is 3.93. The maximum Gasteiger partial charge on any atom is 0.197 e. The number of para-hydroxylation sites is 2. The Hall–Kier alpha value is -9.12. The van der Waals surface area contributed by atoms with Gasteiger partial charge in [0.1, 0.15) is 0 Å². The summed E-state index contributed by atoms with van der Waals surface area (Å²) in [6.07, 6.45) is 0. The van der Waals surface area contributed by atoms with Crippen molar-refractivity contribution in [2.75, 3.05) is 15.1 Å². The minimum absolute atomic E-state index is 1.00. The van der Waals surface area contributed by atoms with Gasteiger partial charge in [-0.2, -0.15) is 0 Å². The Morgan fingerprint density at radius 3 is 1.31 bits per heavy atom. The number of benzene rings is 11. The summed E-state index contributed by atoms with van der Waals surface area (Å²) >= 11 is 0. The molecule has 0 saturated carbocycles. The van der Waals surface area contributed by atoms with Crippen LogP contribution in [-0.2, 0) is 0 Å². The van der Waals surface area contributed by atoms with E-state index in [1.807, 2.05) is 0 Å². The second-order valence-electron chi connectivity index (χ2n) is 17.7. The molecule has 1 radical (unpaired) electrons. The Morgan fingerprint density at radius 2 is 0.771 bits per heavy atom. The lowest BCUT2D eigenvalue weighted by molar-refractivity contribution is 1.28. The zero-order chi connectivity index (χ0) is 46.6. The number of anilines is 8. The molecule has 329 valence electrons. The fourth-order valence-corrected chi connectivity index (χ4v) is 9.81. The van der Waals surface area contributed by atoms with Crippen molar-refractivity contribution < 1.29 is 0 Å². The third kappa shape index (κ3) is 8.44. The van der Waals surface area contributed by atoms with E-state index >= 15 is 0 Å². The molecule has 0 saturated heterocycles. The SMILES string of the molecule is [B]1c2cc(-c3ccccc3)ccc2N(c2ccc(-c3ccccc3)cc2)c2cc(-c3ccccc3)cc(-c3cc(N(c4ccccc4)c4ccccc4)ccc3Nc3ccc(-c4ccccc4)cc3)c21. The molecule has 1 heterocycles. The van der Waals surface area contributed by atoms with Crippen LogP contribution in [0.15, 0.2) is 279 Å². The molecule has 70 heavy (non-hydrogen) atoms. The standard InChI is InChI=1S/C66H47BN3/c1-7-19-47(20-8-1)51-31-36-55(37-32-51)68-63-41-40-59(69(56-27-15-5-16-28-56)57-29-17-6-18-30-57)46-60(63)61-43-54(50-25-13-4-14-26-50)45-65-66(61)67-62-44-53(49-23-11-3-12-24-49)35-42-64(62)70(65)58-38-33-52(34-39-58)48-21-9-2-10-22-48/h1-46,68H. The van der Waals surface area contributed by atoms with Gasteiger partial charge < -0.3 is 15.1 Å². The molecule has 0 amide bonds. The maximum absolute atomic E-state index is 3.93. The molecule has 3 nitrogen and oxygen atoms in total.